The fourth-order valence-corrected chi connectivity index (χ4v) is 2.17. The number of nitrogens with one attached hydrogen (secondary N) is 1. The van der Waals surface area contributed by atoms with Gasteiger partial charge in [0.05, 0.1) is 11.1 Å². The third-order valence-electron chi connectivity index (χ3n) is 2.38. The number of rotatable bonds is 7. The lowest BCUT2D eigenvalue weighted by molar-refractivity contribution is 0.297. The van der Waals surface area contributed by atoms with Crippen molar-refractivity contribution in [2.75, 3.05) is 13.2 Å². The summed E-state index contributed by atoms with van der Waals surface area (Å²) in [7, 11) is 0. The molecule has 0 saturated carbocycles. The van der Waals surface area contributed by atoms with Gasteiger partial charge in [0.2, 0.25) is 0 Å². The molecule has 1 aromatic carbocycles. The largest absolute Gasteiger partial charge is 0.490 e. The van der Waals surface area contributed by atoms with Crippen LogP contribution in [-0.2, 0) is 6.54 Å². The molecule has 0 spiro atoms. The van der Waals surface area contributed by atoms with E-state index in [0.29, 0.717) is 24.1 Å². The van der Waals surface area contributed by atoms with Crippen LogP contribution in [0.15, 0.2) is 16.6 Å². The van der Waals surface area contributed by atoms with Gasteiger partial charge in [-0.3, -0.25) is 0 Å². The second-order valence-electron chi connectivity index (χ2n) is 4.37. The van der Waals surface area contributed by atoms with E-state index >= 15 is 0 Å². The van der Waals surface area contributed by atoms with E-state index in [1.807, 2.05) is 19.1 Å². The van der Waals surface area contributed by atoms with Gasteiger partial charge in [-0.05, 0) is 40.5 Å². The minimum absolute atomic E-state index is 0.224. The molecule has 0 aliphatic rings. The Hall–Kier alpha value is -1.18. The highest BCUT2D eigenvalue weighted by atomic mass is 79.9. The fraction of sp³-hybridized carbons (Fsp3) is 0.467. The molecule has 1 rings (SSSR count). The lowest BCUT2D eigenvalue weighted by atomic mass is 10.2. The number of terminal acetylenes is 1. The molecule has 0 atom stereocenters. The molecule has 0 bridgehead atoms. The van der Waals surface area contributed by atoms with E-state index in [1.165, 1.54) is 0 Å². The zero-order chi connectivity index (χ0) is 14.3. The van der Waals surface area contributed by atoms with Gasteiger partial charge in [-0.25, -0.2) is 0 Å². The SMILES string of the molecule is C#CCOc1c(Br)cc(CNC(C)C)cc1OCC. The van der Waals surface area contributed by atoms with Crippen molar-refractivity contribution in [1.82, 2.24) is 5.32 Å². The first-order valence-electron chi connectivity index (χ1n) is 6.33. The fourth-order valence-electron chi connectivity index (χ4n) is 1.56. The van der Waals surface area contributed by atoms with Crippen LogP contribution in [-0.4, -0.2) is 19.3 Å². The zero-order valence-corrected chi connectivity index (χ0v) is 13.2. The monoisotopic (exact) mass is 325 g/mol. The van der Waals surface area contributed by atoms with Crippen LogP contribution in [0.4, 0.5) is 0 Å². The summed E-state index contributed by atoms with van der Waals surface area (Å²) in [6.45, 7) is 7.76. The number of halogens is 1. The maximum absolute atomic E-state index is 5.61. The molecule has 1 N–H and O–H groups in total. The molecular weight excluding hydrogens is 306 g/mol. The van der Waals surface area contributed by atoms with Crippen molar-refractivity contribution in [3.8, 4) is 23.8 Å². The predicted octanol–water partition coefficient (Wildman–Crippen LogP) is 3.36. The van der Waals surface area contributed by atoms with Gasteiger partial charge < -0.3 is 14.8 Å². The quantitative estimate of drug-likeness (QED) is 0.780. The Kier molecular flexibility index (Phi) is 6.75. The maximum atomic E-state index is 5.61. The topological polar surface area (TPSA) is 30.5 Å². The van der Waals surface area contributed by atoms with Gasteiger partial charge in [0.15, 0.2) is 11.5 Å². The van der Waals surface area contributed by atoms with Gasteiger partial charge >= 0.3 is 0 Å². The third-order valence-corrected chi connectivity index (χ3v) is 2.97. The summed E-state index contributed by atoms with van der Waals surface area (Å²) in [6.07, 6.45) is 5.22. The molecule has 0 heterocycles. The van der Waals surface area contributed by atoms with Crippen molar-refractivity contribution in [1.29, 1.82) is 0 Å². The molecule has 0 amide bonds. The van der Waals surface area contributed by atoms with Crippen LogP contribution in [0, 0.1) is 12.3 Å². The van der Waals surface area contributed by atoms with E-state index in [4.69, 9.17) is 15.9 Å². The number of benzene rings is 1. The summed E-state index contributed by atoms with van der Waals surface area (Å²) in [5.74, 6) is 3.83. The molecule has 104 valence electrons. The Bertz CT molecular complexity index is 452. The minimum Gasteiger partial charge on any atom is -0.490 e. The third kappa shape index (κ3) is 5.14. The van der Waals surface area contributed by atoms with Crippen molar-refractivity contribution in [3.05, 3.63) is 22.2 Å². The van der Waals surface area contributed by atoms with Crippen LogP contribution in [0.3, 0.4) is 0 Å². The molecule has 19 heavy (non-hydrogen) atoms. The smallest absolute Gasteiger partial charge is 0.176 e. The molecule has 0 aliphatic heterocycles. The Balaban J connectivity index is 2.96. The molecule has 0 saturated heterocycles. The molecule has 0 fully saturated rings. The van der Waals surface area contributed by atoms with Crippen molar-refractivity contribution in [3.63, 3.8) is 0 Å². The Labute approximate surface area is 123 Å². The number of ether oxygens (including phenoxy) is 2. The van der Waals surface area contributed by atoms with Gasteiger partial charge in [0.1, 0.15) is 6.61 Å². The summed E-state index contributed by atoms with van der Waals surface area (Å²) < 4.78 is 12.0. The average Bonchev–Trinajstić information content (AvgIpc) is 2.36. The van der Waals surface area contributed by atoms with Crippen LogP contribution in [0.2, 0.25) is 0 Å². The number of hydrogen-bond acceptors (Lipinski definition) is 3. The molecule has 0 radical (unpaired) electrons. The van der Waals surface area contributed by atoms with Gasteiger partial charge in [0.25, 0.3) is 0 Å². The highest BCUT2D eigenvalue weighted by Crippen LogP contribution is 2.36. The van der Waals surface area contributed by atoms with Crippen LogP contribution in [0.1, 0.15) is 26.3 Å². The highest BCUT2D eigenvalue weighted by molar-refractivity contribution is 9.10. The minimum atomic E-state index is 0.224. The van der Waals surface area contributed by atoms with Crippen LogP contribution in [0.25, 0.3) is 0 Å². The molecule has 0 unspecified atom stereocenters. The summed E-state index contributed by atoms with van der Waals surface area (Å²) in [4.78, 5) is 0. The van der Waals surface area contributed by atoms with Crippen LogP contribution >= 0.6 is 15.9 Å². The van der Waals surface area contributed by atoms with Crippen LogP contribution in [0.5, 0.6) is 11.5 Å². The van der Waals surface area contributed by atoms with Crippen LogP contribution < -0.4 is 14.8 Å². The standard InChI is InChI=1S/C15H20BrNO2/c1-5-7-19-15-13(16)8-12(10-17-11(3)4)9-14(15)18-6-2/h1,8-9,11,17H,6-7,10H2,2-4H3. The Morgan fingerprint density at radius 3 is 2.68 bits per heavy atom. The van der Waals surface area contributed by atoms with Crippen molar-refractivity contribution in [2.45, 2.75) is 33.4 Å². The molecule has 3 nitrogen and oxygen atoms in total. The van der Waals surface area contributed by atoms with E-state index in [1.54, 1.807) is 0 Å². The average molecular weight is 326 g/mol. The highest BCUT2D eigenvalue weighted by Gasteiger charge is 2.12. The molecular formula is C15H20BrNO2. The van der Waals surface area contributed by atoms with Gasteiger partial charge in [-0.15, -0.1) is 6.42 Å². The first kappa shape index (κ1) is 15.9. The predicted molar refractivity (Wildman–Crippen MR) is 81.6 cm³/mol. The zero-order valence-electron chi connectivity index (χ0n) is 11.6. The van der Waals surface area contributed by atoms with E-state index in [9.17, 15) is 0 Å². The van der Waals surface area contributed by atoms with E-state index in [-0.39, 0.29) is 6.61 Å². The van der Waals surface area contributed by atoms with E-state index in [0.717, 1.165) is 16.6 Å². The van der Waals surface area contributed by atoms with E-state index in [2.05, 4.69) is 41.0 Å². The molecule has 1 aromatic rings. The molecule has 0 aliphatic carbocycles. The summed E-state index contributed by atoms with van der Waals surface area (Å²) in [5, 5.41) is 3.37. The molecule has 4 heteroatoms. The Morgan fingerprint density at radius 2 is 2.11 bits per heavy atom. The number of hydrogen-bond donors (Lipinski definition) is 1. The maximum Gasteiger partial charge on any atom is 0.176 e. The normalized spacial score (nSPS) is 10.3. The van der Waals surface area contributed by atoms with Crippen molar-refractivity contribution >= 4 is 15.9 Å². The van der Waals surface area contributed by atoms with Gasteiger partial charge in [0, 0.05) is 12.6 Å². The summed E-state index contributed by atoms with van der Waals surface area (Å²) >= 11 is 3.50. The summed E-state index contributed by atoms with van der Waals surface area (Å²) in [6, 6.07) is 4.44. The van der Waals surface area contributed by atoms with E-state index < -0.39 is 0 Å². The second-order valence-corrected chi connectivity index (χ2v) is 5.22. The summed E-state index contributed by atoms with van der Waals surface area (Å²) in [5.41, 5.74) is 1.14. The van der Waals surface area contributed by atoms with Crippen molar-refractivity contribution in [2.24, 2.45) is 0 Å². The first-order chi connectivity index (χ1) is 9.08. The first-order valence-corrected chi connectivity index (χ1v) is 7.12. The van der Waals surface area contributed by atoms with Gasteiger partial charge in [-0.1, -0.05) is 19.8 Å². The van der Waals surface area contributed by atoms with Crippen molar-refractivity contribution < 1.29 is 9.47 Å². The lowest BCUT2D eigenvalue weighted by Gasteiger charge is -2.15. The molecule has 0 aromatic heterocycles. The Morgan fingerprint density at radius 1 is 1.37 bits per heavy atom. The second kappa shape index (κ2) is 8.08. The van der Waals surface area contributed by atoms with Gasteiger partial charge in [-0.2, -0.15) is 0 Å². The lowest BCUT2D eigenvalue weighted by Crippen LogP contribution is -2.21.